The summed E-state index contributed by atoms with van der Waals surface area (Å²) in [5, 5.41) is 4.85. The van der Waals surface area contributed by atoms with Crippen LogP contribution >= 0.6 is 35.0 Å². The summed E-state index contributed by atoms with van der Waals surface area (Å²) in [5.74, 6) is 0. The van der Waals surface area contributed by atoms with E-state index in [-0.39, 0.29) is 6.04 Å². The molecule has 1 unspecified atom stereocenters. The second-order valence-corrected chi connectivity index (χ2v) is 6.21. The summed E-state index contributed by atoms with van der Waals surface area (Å²) in [4.78, 5) is 1.28. The zero-order chi connectivity index (χ0) is 14.5. The van der Waals surface area contributed by atoms with E-state index in [2.05, 4.69) is 35.8 Å². The highest BCUT2D eigenvalue weighted by atomic mass is 35.5. The number of halogens is 2. The lowest BCUT2D eigenvalue weighted by atomic mass is 9.99. The highest BCUT2D eigenvalue weighted by molar-refractivity contribution is 7.98. The molecule has 4 heteroatoms. The Hall–Kier alpha value is -0.670. The van der Waals surface area contributed by atoms with Crippen molar-refractivity contribution in [3.8, 4) is 0 Å². The van der Waals surface area contributed by atoms with Gasteiger partial charge in [0.15, 0.2) is 0 Å². The van der Waals surface area contributed by atoms with Gasteiger partial charge in [0.05, 0.1) is 0 Å². The van der Waals surface area contributed by atoms with Gasteiger partial charge in [0.25, 0.3) is 0 Å². The van der Waals surface area contributed by atoms with E-state index in [4.69, 9.17) is 23.2 Å². The van der Waals surface area contributed by atoms with Crippen molar-refractivity contribution in [2.75, 3.05) is 13.3 Å². The van der Waals surface area contributed by atoms with Gasteiger partial charge in [-0.25, -0.2) is 0 Å². The summed E-state index contributed by atoms with van der Waals surface area (Å²) in [5.41, 5.74) is 2.35. The Morgan fingerprint density at radius 3 is 2.60 bits per heavy atom. The quantitative estimate of drug-likeness (QED) is 0.756. The number of likely N-dealkylation sites (N-methyl/N-ethyl adjacent to an activating group) is 1. The summed E-state index contributed by atoms with van der Waals surface area (Å²) in [7, 11) is 1.97. The highest BCUT2D eigenvalue weighted by Crippen LogP contribution is 2.30. The molecule has 0 aliphatic carbocycles. The molecule has 1 nitrogen and oxygen atoms in total. The van der Waals surface area contributed by atoms with E-state index in [9.17, 15) is 0 Å². The number of hydrogen-bond donors (Lipinski definition) is 1. The van der Waals surface area contributed by atoms with Gasteiger partial charge in [-0.15, -0.1) is 11.8 Å². The van der Waals surface area contributed by atoms with Gasteiger partial charge in [0.1, 0.15) is 0 Å². The van der Waals surface area contributed by atoms with Crippen molar-refractivity contribution in [2.24, 2.45) is 0 Å². The monoisotopic (exact) mass is 325 g/mol. The van der Waals surface area contributed by atoms with Gasteiger partial charge < -0.3 is 5.32 Å². The Labute approximate surface area is 134 Å². The van der Waals surface area contributed by atoms with E-state index in [1.54, 1.807) is 11.8 Å². The molecule has 0 radical (unpaired) electrons. The number of thioether (sulfide) groups is 1. The lowest BCUT2D eigenvalue weighted by molar-refractivity contribution is 0.583. The van der Waals surface area contributed by atoms with Crippen LogP contribution in [0.3, 0.4) is 0 Å². The first kappa shape index (κ1) is 15.7. The molecule has 0 saturated heterocycles. The maximum atomic E-state index is 6.27. The molecule has 2 aromatic rings. The predicted molar refractivity (Wildman–Crippen MR) is 90.2 cm³/mol. The second kappa shape index (κ2) is 7.37. The summed E-state index contributed by atoms with van der Waals surface area (Å²) in [6, 6.07) is 14.3. The summed E-state index contributed by atoms with van der Waals surface area (Å²) < 4.78 is 0. The first-order chi connectivity index (χ1) is 9.65. The molecular formula is C16H17Cl2NS. The van der Waals surface area contributed by atoms with E-state index >= 15 is 0 Å². The van der Waals surface area contributed by atoms with Crippen LogP contribution in [0.4, 0.5) is 0 Å². The van der Waals surface area contributed by atoms with Gasteiger partial charge in [-0.2, -0.15) is 0 Å². The third-order valence-corrected chi connectivity index (χ3v) is 4.71. The standard InChI is InChI=1S/C16H17Cl2NS/c1-19-15(13-5-3-4-6-16(13)20-2)10-11-9-12(17)7-8-14(11)18/h3-9,15,19H,10H2,1-2H3. The van der Waals surface area contributed by atoms with Crippen molar-refractivity contribution in [2.45, 2.75) is 17.4 Å². The summed E-state index contributed by atoms with van der Waals surface area (Å²) in [6.07, 6.45) is 2.91. The van der Waals surface area contributed by atoms with Gasteiger partial charge in [-0.1, -0.05) is 41.4 Å². The van der Waals surface area contributed by atoms with E-state index in [0.29, 0.717) is 0 Å². The minimum absolute atomic E-state index is 0.217. The van der Waals surface area contributed by atoms with Crippen LogP contribution < -0.4 is 5.32 Å². The third-order valence-electron chi connectivity index (χ3n) is 3.29. The van der Waals surface area contributed by atoms with E-state index in [0.717, 1.165) is 22.0 Å². The molecule has 0 fully saturated rings. The van der Waals surface area contributed by atoms with Crippen LogP contribution in [0.5, 0.6) is 0 Å². The number of nitrogens with one attached hydrogen (secondary N) is 1. The van der Waals surface area contributed by atoms with Gasteiger partial charge in [0, 0.05) is 21.0 Å². The zero-order valence-corrected chi connectivity index (χ0v) is 13.8. The van der Waals surface area contributed by atoms with Crippen LogP contribution in [0.25, 0.3) is 0 Å². The minimum atomic E-state index is 0.217. The second-order valence-electron chi connectivity index (χ2n) is 4.52. The topological polar surface area (TPSA) is 12.0 Å². The minimum Gasteiger partial charge on any atom is -0.313 e. The molecule has 1 N–H and O–H groups in total. The molecular weight excluding hydrogens is 309 g/mol. The predicted octanol–water partition coefficient (Wildman–Crippen LogP) is 5.22. The fraction of sp³-hybridized carbons (Fsp3) is 0.250. The molecule has 0 bridgehead atoms. The van der Waals surface area contributed by atoms with Crippen molar-refractivity contribution in [3.63, 3.8) is 0 Å². The molecule has 2 aromatic carbocycles. The van der Waals surface area contributed by atoms with Crippen molar-refractivity contribution in [1.29, 1.82) is 0 Å². The van der Waals surface area contributed by atoms with Crippen molar-refractivity contribution < 1.29 is 0 Å². The smallest absolute Gasteiger partial charge is 0.0439 e. The van der Waals surface area contributed by atoms with Crippen LogP contribution in [0.1, 0.15) is 17.2 Å². The maximum Gasteiger partial charge on any atom is 0.0439 e. The Morgan fingerprint density at radius 1 is 1.15 bits per heavy atom. The van der Waals surface area contributed by atoms with E-state index in [1.165, 1.54) is 10.5 Å². The molecule has 1 atom stereocenters. The average molecular weight is 326 g/mol. The lowest BCUT2D eigenvalue weighted by Gasteiger charge is -2.20. The largest absolute Gasteiger partial charge is 0.313 e. The fourth-order valence-corrected chi connectivity index (χ4v) is 3.29. The van der Waals surface area contributed by atoms with Gasteiger partial charge in [-0.05, 0) is 55.1 Å². The first-order valence-corrected chi connectivity index (χ1v) is 8.38. The SMILES string of the molecule is CNC(Cc1cc(Cl)ccc1Cl)c1ccccc1SC. The molecule has 2 rings (SSSR count). The Bertz CT molecular complexity index is 586. The molecule has 0 aromatic heterocycles. The van der Waals surface area contributed by atoms with Crippen LogP contribution in [-0.2, 0) is 6.42 Å². The van der Waals surface area contributed by atoms with Gasteiger partial charge in [-0.3, -0.25) is 0 Å². The molecule has 0 aliphatic rings. The van der Waals surface area contributed by atoms with Crippen molar-refractivity contribution in [3.05, 3.63) is 63.6 Å². The molecule has 0 heterocycles. The molecule has 0 amide bonds. The molecule has 0 spiro atoms. The van der Waals surface area contributed by atoms with E-state index < -0.39 is 0 Å². The maximum absolute atomic E-state index is 6.27. The number of benzene rings is 2. The van der Waals surface area contributed by atoms with Crippen molar-refractivity contribution >= 4 is 35.0 Å². The van der Waals surface area contributed by atoms with E-state index in [1.807, 2.05) is 25.2 Å². The van der Waals surface area contributed by atoms with Crippen LogP contribution in [-0.4, -0.2) is 13.3 Å². The number of hydrogen-bond acceptors (Lipinski definition) is 2. The van der Waals surface area contributed by atoms with Crippen molar-refractivity contribution in [1.82, 2.24) is 5.32 Å². The van der Waals surface area contributed by atoms with Gasteiger partial charge in [0.2, 0.25) is 0 Å². The molecule has 106 valence electrons. The zero-order valence-electron chi connectivity index (χ0n) is 11.5. The molecule has 0 aliphatic heterocycles. The average Bonchev–Trinajstić information content (AvgIpc) is 2.48. The Kier molecular flexibility index (Phi) is 5.79. The Morgan fingerprint density at radius 2 is 1.90 bits per heavy atom. The number of rotatable bonds is 5. The molecule has 0 saturated carbocycles. The van der Waals surface area contributed by atoms with Crippen LogP contribution in [0, 0.1) is 0 Å². The molecule has 20 heavy (non-hydrogen) atoms. The Balaban J connectivity index is 2.31. The fourth-order valence-electron chi connectivity index (χ4n) is 2.24. The third kappa shape index (κ3) is 3.70. The normalized spacial score (nSPS) is 12.4. The summed E-state index contributed by atoms with van der Waals surface area (Å²) in [6.45, 7) is 0. The first-order valence-electron chi connectivity index (χ1n) is 6.39. The lowest BCUT2D eigenvalue weighted by Crippen LogP contribution is -2.19. The van der Waals surface area contributed by atoms with Gasteiger partial charge >= 0.3 is 0 Å². The summed E-state index contributed by atoms with van der Waals surface area (Å²) >= 11 is 14.1. The van der Waals surface area contributed by atoms with Crippen LogP contribution in [0.2, 0.25) is 10.0 Å². The van der Waals surface area contributed by atoms with Crippen LogP contribution in [0.15, 0.2) is 47.4 Å². The highest BCUT2D eigenvalue weighted by Gasteiger charge is 2.15.